The predicted octanol–water partition coefficient (Wildman–Crippen LogP) is 5.57. The topological polar surface area (TPSA) is 69.7 Å². The normalized spacial score (nSPS) is 10.5. The first kappa shape index (κ1) is 21.4. The molecule has 0 unspecified atom stereocenters. The lowest BCUT2D eigenvalue weighted by molar-refractivity contribution is -0.118. The van der Waals surface area contributed by atoms with Gasteiger partial charge in [-0.3, -0.25) is 10.1 Å². The maximum Gasteiger partial charge on any atom is 0.264 e. The number of anilines is 1. The summed E-state index contributed by atoms with van der Waals surface area (Å²) in [5, 5.41) is 5.47. The van der Waals surface area contributed by atoms with Crippen LogP contribution >= 0.6 is 38.9 Å². The third-order valence-electron chi connectivity index (χ3n) is 3.97. The summed E-state index contributed by atoms with van der Waals surface area (Å²) in [5.41, 5.74) is 2.28. The minimum atomic E-state index is -0.332. The summed E-state index contributed by atoms with van der Waals surface area (Å²) in [6, 6.07) is 9.04. The number of nitrogens with zero attached hydrogens (tertiary/aromatic N) is 1. The van der Waals surface area contributed by atoms with Crippen molar-refractivity contribution in [3.05, 3.63) is 50.8 Å². The molecule has 0 saturated heterocycles. The fourth-order valence-electron chi connectivity index (χ4n) is 2.63. The molecule has 0 fully saturated rings. The number of aryl methyl sites for hydroxylation is 1. The molecule has 0 radical (unpaired) electrons. The number of carbonyl (C=O) groups excluding carboxylic acids is 1. The van der Waals surface area contributed by atoms with Crippen LogP contribution in [-0.2, 0) is 4.79 Å². The molecule has 0 aliphatic carbocycles. The van der Waals surface area contributed by atoms with E-state index in [2.05, 4.69) is 26.2 Å². The van der Waals surface area contributed by atoms with Crippen molar-refractivity contribution in [2.75, 3.05) is 26.1 Å². The van der Waals surface area contributed by atoms with Gasteiger partial charge in [-0.05, 0) is 42.8 Å². The second-order valence-electron chi connectivity index (χ2n) is 5.97. The van der Waals surface area contributed by atoms with Gasteiger partial charge in [0.05, 0.1) is 24.9 Å². The highest BCUT2D eigenvalue weighted by atomic mass is 79.9. The Morgan fingerprint density at radius 1 is 1.24 bits per heavy atom. The standard InChI is InChI=1S/C20H18BrClN2O4S/c1-11-6-12(21)7-15(22)19(11)28-9-18(25)24-20-23-16(10-29-20)14-8-13(26-2)4-5-17(14)27-3/h4-8,10H,9H2,1-3H3,(H,23,24,25). The molecular formula is C20H18BrClN2O4S. The number of rotatable bonds is 7. The van der Waals surface area contributed by atoms with Gasteiger partial charge in [-0.25, -0.2) is 4.98 Å². The molecule has 0 spiro atoms. The quantitative estimate of drug-likeness (QED) is 0.462. The molecule has 152 valence electrons. The summed E-state index contributed by atoms with van der Waals surface area (Å²) in [6.07, 6.45) is 0. The van der Waals surface area contributed by atoms with E-state index in [1.54, 1.807) is 20.3 Å². The molecular weight excluding hydrogens is 480 g/mol. The molecule has 3 rings (SSSR count). The highest BCUT2D eigenvalue weighted by Crippen LogP contribution is 2.35. The maximum atomic E-state index is 12.3. The average molecular weight is 498 g/mol. The molecule has 0 aliphatic rings. The van der Waals surface area contributed by atoms with Crippen molar-refractivity contribution in [2.24, 2.45) is 0 Å². The molecule has 1 amide bonds. The van der Waals surface area contributed by atoms with E-state index >= 15 is 0 Å². The summed E-state index contributed by atoms with van der Waals surface area (Å²) >= 11 is 10.9. The number of halogens is 2. The molecule has 1 N–H and O–H groups in total. The molecule has 6 nitrogen and oxygen atoms in total. The molecule has 0 aliphatic heterocycles. The first-order valence-electron chi connectivity index (χ1n) is 8.47. The van der Waals surface area contributed by atoms with Gasteiger partial charge in [0, 0.05) is 15.4 Å². The van der Waals surface area contributed by atoms with Crippen molar-refractivity contribution in [1.29, 1.82) is 0 Å². The van der Waals surface area contributed by atoms with Crippen LogP contribution in [-0.4, -0.2) is 31.7 Å². The van der Waals surface area contributed by atoms with E-state index in [9.17, 15) is 4.79 Å². The lowest BCUT2D eigenvalue weighted by Crippen LogP contribution is -2.20. The van der Waals surface area contributed by atoms with Gasteiger partial charge in [0.15, 0.2) is 11.7 Å². The van der Waals surface area contributed by atoms with Gasteiger partial charge in [-0.1, -0.05) is 27.5 Å². The van der Waals surface area contributed by atoms with Gasteiger partial charge < -0.3 is 14.2 Å². The fourth-order valence-corrected chi connectivity index (χ4v) is 4.39. The van der Waals surface area contributed by atoms with Gasteiger partial charge in [0.25, 0.3) is 5.91 Å². The fraction of sp³-hybridized carbons (Fsp3) is 0.200. The van der Waals surface area contributed by atoms with E-state index < -0.39 is 0 Å². The Morgan fingerprint density at radius 3 is 2.72 bits per heavy atom. The molecule has 29 heavy (non-hydrogen) atoms. The van der Waals surface area contributed by atoms with Gasteiger partial charge >= 0.3 is 0 Å². The van der Waals surface area contributed by atoms with Crippen molar-refractivity contribution in [3.63, 3.8) is 0 Å². The van der Waals surface area contributed by atoms with Crippen LogP contribution < -0.4 is 19.5 Å². The number of methoxy groups -OCH3 is 2. The van der Waals surface area contributed by atoms with Crippen LogP contribution in [0.1, 0.15) is 5.56 Å². The van der Waals surface area contributed by atoms with Crippen molar-refractivity contribution >= 4 is 49.9 Å². The summed E-state index contributed by atoms with van der Waals surface area (Å²) in [6.45, 7) is 1.68. The van der Waals surface area contributed by atoms with Gasteiger partial charge in [-0.15, -0.1) is 11.3 Å². The van der Waals surface area contributed by atoms with Crippen LogP contribution in [0.2, 0.25) is 5.02 Å². The molecule has 0 saturated carbocycles. The lowest BCUT2D eigenvalue weighted by Gasteiger charge is -2.11. The van der Waals surface area contributed by atoms with E-state index in [0.717, 1.165) is 15.6 Å². The maximum absolute atomic E-state index is 12.3. The molecule has 1 heterocycles. The van der Waals surface area contributed by atoms with Gasteiger partial charge in [0.2, 0.25) is 0 Å². The smallest absolute Gasteiger partial charge is 0.264 e. The number of thiazole rings is 1. The highest BCUT2D eigenvalue weighted by molar-refractivity contribution is 9.10. The number of ether oxygens (including phenoxy) is 3. The Morgan fingerprint density at radius 2 is 2.03 bits per heavy atom. The van der Waals surface area contributed by atoms with E-state index in [1.165, 1.54) is 11.3 Å². The first-order chi connectivity index (χ1) is 13.9. The molecule has 0 bridgehead atoms. The summed E-state index contributed by atoms with van der Waals surface area (Å²) < 4.78 is 17.1. The minimum Gasteiger partial charge on any atom is -0.497 e. The number of aromatic nitrogens is 1. The number of hydrogen-bond donors (Lipinski definition) is 1. The van der Waals surface area contributed by atoms with Crippen molar-refractivity contribution in [1.82, 2.24) is 4.98 Å². The van der Waals surface area contributed by atoms with Crippen LogP contribution in [0.4, 0.5) is 5.13 Å². The number of benzene rings is 2. The zero-order valence-corrected chi connectivity index (χ0v) is 19.1. The molecule has 3 aromatic rings. The second-order valence-corrected chi connectivity index (χ2v) is 8.16. The Bertz CT molecular complexity index is 1020. The van der Waals surface area contributed by atoms with Crippen LogP contribution in [0.15, 0.2) is 40.2 Å². The average Bonchev–Trinajstić information content (AvgIpc) is 3.14. The third kappa shape index (κ3) is 5.20. The Hall–Kier alpha value is -2.29. The second kappa shape index (κ2) is 9.47. The summed E-state index contributed by atoms with van der Waals surface area (Å²) in [7, 11) is 3.19. The minimum absolute atomic E-state index is 0.181. The predicted molar refractivity (Wildman–Crippen MR) is 119 cm³/mol. The summed E-state index contributed by atoms with van der Waals surface area (Å²) in [5.74, 6) is 1.50. The largest absolute Gasteiger partial charge is 0.497 e. The Kier molecular flexibility index (Phi) is 7.00. The molecule has 2 aromatic carbocycles. The number of amides is 1. The number of nitrogens with one attached hydrogen (secondary N) is 1. The number of carbonyl (C=O) groups is 1. The van der Waals surface area contributed by atoms with Gasteiger partial charge in [0.1, 0.15) is 17.2 Å². The Labute approximate surface area is 185 Å². The monoisotopic (exact) mass is 496 g/mol. The van der Waals surface area contributed by atoms with E-state index in [1.807, 2.05) is 36.6 Å². The molecule has 9 heteroatoms. The van der Waals surface area contributed by atoms with Crippen molar-refractivity contribution < 1.29 is 19.0 Å². The van der Waals surface area contributed by atoms with Crippen molar-refractivity contribution in [2.45, 2.75) is 6.92 Å². The SMILES string of the molecule is COc1ccc(OC)c(-c2csc(NC(=O)COc3c(C)cc(Br)cc3Cl)n2)c1. The first-order valence-corrected chi connectivity index (χ1v) is 10.5. The zero-order chi connectivity index (χ0) is 21.0. The van der Waals surface area contributed by atoms with Crippen LogP contribution in [0.3, 0.4) is 0 Å². The highest BCUT2D eigenvalue weighted by Gasteiger charge is 2.14. The molecule has 1 aromatic heterocycles. The van der Waals surface area contributed by atoms with E-state index in [4.69, 9.17) is 25.8 Å². The molecule has 0 atom stereocenters. The lowest BCUT2D eigenvalue weighted by atomic mass is 10.1. The van der Waals surface area contributed by atoms with Gasteiger partial charge in [-0.2, -0.15) is 0 Å². The van der Waals surface area contributed by atoms with Crippen LogP contribution in [0.25, 0.3) is 11.3 Å². The number of hydrogen-bond acceptors (Lipinski definition) is 6. The van der Waals surface area contributed by atoms with E-state index in [-0.39, 0.29) is 12.5 Å². The van der Waals surface area contributed by atoms with E-state index in [0.29, 0.717) is 33.1 Å². The van der Waals surface area contributed by atoms with Crippen molar-refractivity contribution in [3.8, 4) is 28.5 Å². The summed E-state index contributed by atoms with van der Waals surface area (Å²) in [4.78, 5) is 16.7. The van der Waals surface area contributed by atoms with Crippen LogP contribution in [0.5, 0.6) is 17.2 Å². The van der Waals surface area contributed by atoms with Crippen LogP contribution in [0, 0.1) is 6.92 Å². The Balaban J connectivity index is 1.68. The third-order valence-corrected chi connectivity index (χ3v) is 5.47. The zero-order valence-electron chi connectivity index (χ0n) is 15.9.